The molecule has 0 radical (unpaired) electrons. The minimum atomic E-state index is -1.09. The van der Waals surface area contributed by atoms with E-state index in [1.54, 1.807) is 0 Å². The summed E-state index contributed by atoms with van der Waals surface area (Å²) in [7, 11) is 2.24. The Hall–Kier alpha value is -1.65. The number of esters is 2. The van der Waals surface area contributed by atoms with Gasteiger partial charge in [0.05, 0.1) is 14.2 Å². The predicted octanol–water partition coefficient (Wildman–Crippen LogP) is 0.742. The molecule has 4 nitrogen and oxygen atoms in total. The fourth-order valence-electron chi connectivity index (χ4n) is 0.445. The summed E-state index contributed by atoms with van der Waals surface area (Å²) in [6, 6.07) is 0. The number of hydrogen-bond acceptors (Lipinski definition) is 4. The lowest BCUT2D eigenvalue weighted by molar-refractivity contribution is -0.138. The quantitative estimate of drug-likeness (QED) is 0.372. The highest BCUT2D eigenvalue weighted by Gasteiger charge is 2.05. The summed E-state index contributed by atoms with van der Waals surface area (Å²) in [6.07, 6.45) is 2.84. The molecule has 0 aliphatic rings. The van der Waals surface area contributed by atoms with E-state index in [-0.39, 0.29) is 0 Å². The fourth-order valence-corrected chi connectivity index (χ4v) is 0.445. The van der Waals surface area contributed by atoms with Crippen LogP contribution in [0.5, 0.6) is 0 Å². The van der Waals surface area contributed by atoms with E-state index in [0.717, 1.165) is 25.3 Å². The van der Waals surface area contributed by atoms with Crippen molar-refractivity contribution in [1.29, 1.82) is 0 Å². The Morgan fingerprint density at radius 3 is 2.31 bits per heavy atom. The number of methoxy groups -OCH3 is 2. The van der Waals surface area contributed by atoms with Crippen molar-refractivity contribution < 1.29 is 23.5 Å². The van der Waals surface area contributed by atoms with E-state index < -0.39 is 17.8 Å². The van der Waals surface area contributed by atoms with E-state index in [1.807, 2.05) is 0 Å². The van der Waals surface area contributed by atoms with Crippen molar-refractivity contribution in [2.24, 2.45) is 0 Å². The summed E-state index contributed by atoms with van der Waals surface area (Å²) < 4.78 is 20.8. The van der Waals surface area contributed by atoms with Crippen LogP contribution in [0.1, 0.15) is 0 Å². The zero-order valence-electron chi connectivity index (χ0n) is 7.24. The molecule has 0 fully saturated rings. The van der Waals surface area contributed by atoms with Gasteiger partial charge >= 0.3 is 11.9 Å². The molecule has 5 heteroatoms. The molecule has 0 aliphatic carbocycles. The van der Waals surface area contributed by atoms with Crippen molar-refractivity contribution in [1.82, 2.24) is 0 Å². The maximum Gasteiger partial charge on any atom is 0.366 e. The molecule has 0 atom stereocenters. The van der Waals surface area contributed by atoms with Gasteiger partial charge in [-0.3, -0.25) is 0 Å². The molecule has 0 unspecified atom stereocenters. The number of halogens is 1. The highest BCUT2D eigenvalue weighted by molar-refractivity contribution is 5.87. The highest BCUT2D eigenvalue weighted by atomic mass is 19.1. The van der Waals surface area contributed by atoms with E-state index in [0.29, 0.717) is 0 Å². The first kappa shape index (κ1) is 11.4. The maximum absolute atomic E-state index is 12.5. The van der Waals surface area contributed by atoms with Crippen molar-refractivity contribution in [3.8, 4) is 0 Å². The zero-order chi connectivity index (χ0) is 10.3. The lowest BCUT2D eigenvalue weighted by atomic mass is 10.4. The molecule has 72 valence electrons. The third-order valence-electron chi connectivity index (χ3n) is 1.06. The van der Waals surface area contributed by atoms with Crippen molar-refractivity contribution in [3.05, 3.63) is 24.1 Å². The van der Waals surface area contributed by atoms with E-state index in [4.69, 9.17) is 0 Å². The molecule has 0 spiro atoms. The second-order valence-corrected chi connectivity index (χ2v) is 1.89. The number of ether oxygens (including phenoxy) is 2. The van der Waals surface area contributed by atoms with Crippen molar-refractivity contribution in [2.45, 2.75) is 0 Å². The molecule has 0 aromatic heterocycles. The molecule has 0 N–H and O–H groups in total. The Balaban J connectivity index is 4.18. The molecule has 0 heterocycles. The van der Waals surface area contributed by atoms with Gasteiger partial charge in [0, 0.05) is 6.08 Å². The minimum Gasteiger partial charge on any atom is -0.466 e. The second-order valence-electron chi connectivity index (χ2n) is 1.89. The molecule has 0 aromatic carbocycles. The van der Waals surface area contributed by atoms with Crippen LogP contribution in [0.25, 0.3) is 0 Å². The van der Waals surface area contributed by atoms with Gasteiger partial charge in [-0.15, -0.1) is 0 Å². The molecule has 0 bridgehead atoms. The predicted molar refractivity (Wildman–Crippen MR) is 42.4 cm³/mol. The monoisotopic (exact) mass is 188 g/mol. The SMILES string of the molecule is COC(=O)/C=C/C=C(/F)C(=O)OC. The van der Waals surface area contributed by atoms with Gasteiger partial charge in [0.25, 0.3) is 0 Å². The Kier molecular flexibility index (Phi) is 5.18. The number of carbonyl (C=O) groups is 2. The first-order valence-corrected chi connectivity index (χ1v) is 3.32. The Bertz CT molecular complexity index is 255. The summed E-state index contributed by atoms with van der Waals surface area (Å²) in [5.41, 5.74) is 0. The number of hydrogen-bond donors (Lipinski definition) is 0. The van der Waals surface area contributed by atoms with Gasteiger partial charge in [-0.1, -0.05) is 6.08 Å². The highest BCUT2D eigenvalue weighted by Crippen LogP contribution is 1.98. The fraction of sp³-hybridized carbons (Fsp3) is 0.250. The van der Waals surface area contributed by atoms with Crippen LogP contribution in [0.2, 0.25) is 0 Å². The third kappa shape index (κ3) is 4.73. The Labute approximate surface area is 74.6 Å². The molecular formula is C8H9FO4. The number of rotatable bonds is 3. The average molecular weight is 188 g/mol. The van der Waals surface area contributed by atoms with Gasteiger partial charge in [0.2, 0.25) is 5.83 Å². The summed E-state index contributed by atoms with van der Waals surface area (Å²) in [5, 5.41) is 0. The zero-order valence-corrected chi connectivity index (χ0v) is 7.24. The van der Waals surface area contributed by atoms with Crippen LogP contribution in [0.15, 0.2) is 24.1 Å². The van der Waals surface area contributed by atoms with Gasteiger partial charge in [0.1, 0.15) is 0 Å². The third-order valence-corrected chi connectivity index (χ3v) is 1.06. The van der Waals surface area contributed by atoms with Crippen LogP contribution in [0.4, 0.5) is 4.39 Å². The lowest BCUT2D eigenvalue weighted by Crippen LogP contribution is -1.99. The normalized spacial score (nSPS) is 11.5. The first-order valence-electron chi connectivity index (χ1n) is 3.32. The molecule has 0 aliphatic heterocycles. The van der Waals surface area contributed by atoms with Crippen molar-refractivity contribution in [2.75, 3.05) is 14.2 Å². The van der Waals surface area contributed by atoms with E-state index >= 15 is 0 Å². The Morgan fingerprint density at radius 2 is 1.85 bits per heavy atom. The molecule has 0 aromatic rings. The number of carbonyl (C=O) groups excluding carboxylic acids is 2. The molecule has 0 saturated carbocycles. The molecule has 13 heavy (non-hydrogen) atoms. The van der Waals surface area contributed by atoms with Gasteiger partial charge < -0.3 is 9.47 Å². The van der Waals surface area contributed by atoms with E-state index in [2.05, 4.69) is 9.47 Å². The Morgan fingerprint density at radius 1 is 1.23 bits per heavy atom. The van der Waals surface area contributed by atoms with Crippen LogP contribution in [0, 0.1) is 0 Å². The van der Waals surface area contributed by atoms with Crippen molar-refractivity contribution in [3.63, 3.8) is 0 Å². The van der Waals surface area contributed by atoms with Gasteiger partial charge in [0.15, 0.2) is 0 Å². The molecule has 0 saturated heterocycles. The lowest BCUT2D eigenvalue weighted by Gasteiger charge is -1.91. The first-order chi connectivity index (χ1) is 6.11. The average Bonchev–Trinajstić information content (AvgIpc) is 2.15. The van der Waals surface area contributed by atoms with Crippen LogP contribution in [-0.4, -0.2) is 26.2 Å². The smallest absolute Gasteiger partial charge is 0.366 e. The van der Waals surface area contributed by atoms with E-state index in [9.17, 15) is 14.0 Å². The van der Waals surface area contributed by atoms with Crippen molar-refractivity contribution >= 4 is 11.9 Å². The van der Waals surface area contributed by atoms with Gasteiger partial charge in [-0.25, -0.2) is 9.59 Å². The van der Waals surface area contributed by atoms with Gasteiger partial charge in [-0.2, -0.15) is 4.39 Å². The van der Waals surface area contributed by atoms with Crippen LogP contribution in [-0.2, 0) is 19.1 Å². The van der Waals surface area contributed by atoms with Gasteiger partial charge in [-0.05, 0) is 6.08 Å². The molecule has 0 amide bonds. The summed E-state index contributed by atoms with van der Waals surface area (Å²) >= 11 is 0. The maximum atomic E-state index is 12.5. The largest absolute Gasteiger partial charge is 0.466 e. The molecule has 0 rings (SSSR count). The summed E-state index contributed by atoms with van der Waals surface area (Å²) in [6.45, 7) is 0. The second kappa shape index (κ2) is 5.93. The molecular weight excluding hydrogens is 179 g/mol. The van der Waals surface area contributed by atoms with E-state index in [1.165, 1.54) is 7.11 Å². The summed E-state index contributed by atoms with van der Waals surface area (Å²) in [5.74, 6) is -2.80. The summed E-state index contributed by atoms with van der Waals surface area (Å²) in [4.78, 5) is 20.9. The van der Waals surface area contributed by atoms with Crippen LogP contribution >= 0.6 is 0 Å². The standard InChI is InChI=1S/C8H9FO4/c1-12-7(10)5-3-4-6(9)8(11)13-2/h3-5H,1-2H3/b5-3+,6-4+. The van der Waals surface area contributed by atoms with Crippen LogP contribution < -0.4 is 0 Å². The number of allylic oxidation sites excluding steroid dienone is 2. The topological polar surface area (TPSA) is 52.6 Å². The minimum absolute atomic E-state index is 0.631. The van der Waals surface area contributed by atoms with Crippen LogP contribution in [0.3, 0.4) is 0 Å².